The lowest BCUT2D eigenvalue weighted by Gasteiger charge is -2.07. The van der Waals surface area contributed by atoms with Gasteiger partial charge in [-0.3, -0.25) is 4.79 Å². The molecule has 2 aromatic carbocycles. The molecular formula is C16H14ClF2NO. The Bertz CT molecular complexity index is 646. The summed E-state index contributed by atoms with van der Waals surface area (Å²) in [7, 11) is 0. The molecule has 110 valence electrons. The van der Waals surface area contributed by atoms with Crippen molar-refractivity contribution in [3.05, 3.63) is 70.8 Å². The van der Waals surface area contributed by atoms with Gasteiger partial charge in [0.05, 0.1) is 6.42 Å². The molecule has 0 saturated carbocycles. The van der Waals surface area contributed by atoms with Crippen molar-refractivity contribution in [2.75, 3.05) is 0 Å². The molecule has 2 nitrogen and oxygen atoms in total. The van der Waals surface area contributed by atoms with Crippen LogP contribution in [0, 0.1) is 11.6 Å². The van der Waals surface area contributed by atoms with Gasteiger partial charge in [-0.25, -0.2) is 8.78 Å². The first-order valence-corrected chi connectivity index (χ1v) is 6.97. The number of carbonyl (C=O) groups is 1. The zero-order chi connectivity index (χ0) is 15.2. The second-order valence-corrected chi connectivity index (χ2v) is 4.89. The molecule has 0 aliphatic heterocycles. The van der Waals surface area contributed by atoms with Crippen molar-refractivity contribution in [3.63, 3.8) is 0 Å². The topological polar surface area (TPSA) is 29.1 Å². The number of halogens is 3. The standard InChI is InChI=1S/C16H14ClF2NO/c17-9-11-3-1-4-12(7-11)10-20-15(21)8-13-5-2-6-14(18)16(13)19/h1-7H,8-10H2,(H,20,21). The number of amides is 1. The maximum absolute atomic E-state index is 13.5. The minimum absolute atomic E-state index is 0.0435. The summed E-state index contributed by atoms with van der Waals surface area (Å²) >= 11 is 5.74. The SMILES string of the molecule is O=C(Cc1cccc(F)c1F)NCc1cccc(CCl)c1. The van der Waals surface area contributed by atoms with Crippen LogP contribution in [-0.2, 0) is 23.6 Å². The van der Waals surface area contributed by atoms with Crippen molar-refractivity contribution in [3.8, 4) is 0 Å². The Morgan fingerprint density at radius 1 is 1.10 bits per heavy atom. The zero-order valence-corrected chi connectivity index (χ0v) is 12.0. The molecule has 0 heterocycles. The fourth-order valence-corrected chi connectivity index (χ4v) is 2.11. The van der Waals surface area contributed by atoms with Crippen LogP contribution in [0.25, 0.3) is 0 Å². The summed E-state index contributed by atoms with van der Waals surface area (Å²) in [5.41, 5.74) is 1.91. The third kappa shape index (κ3) is 4.26. The second kappa shape index (κ2) is 7.18. The minimum Gasteiger partial charge on any atom is -0.352 e. The molecule has 0 unspecified atom stereocenters. The van der Waals surface area contributed by atoms with Crippen LogP contribution in [0.4, 0.5) is 8.78 Å². The first-order valence-electron chi connectivity index (χ1n) is 6.43. The van der Waals surface area contributed by atoms with E-state index in [0.29, 0.717) is 12.4 Å². The zero-order valence-electron chi connectivity index (χ0n) is 11.2. The van der Waals surface area contributed by atoms with E-state index in [1.807, 2.05) is 24.3 Å². The number of benzene rings is 2. The normalized spacial score (nSPS) is 10.4. The fourth-order valence-electron chi connectivity index (χ4n) is 1.94. The molecule has 2 rings (SSSR count). The highest BCUT2D eigenvalue weighted by molar-refractivity contribution is 6.17. The molecule has 0 radical (unpaired) electrons. The van der Waals surface area contributed by atoms with Gasteiger partial charge in [-0.15, -0.1) is 11.6 Å². The van der Waals surface area contributed by atoms with Crippen LogP contribution in [0.2, 0.25) is 0 Å². The van der Waals surface area contributed by atoms with Gasteiger partial charge in [0, 0.05) is 18.0 Å². The third-order valence-electron chi connectivity index (χ3n) is 3.02. The molecule has 0 aromatic heterocycles. The van der Waals surface area contributed by atoms with Gasteiger partial charge in [-0.2, -0.15) is 0 Å². The summed E-state index contributed by atoms with van der Waals surface area (Å²) < 4.78 is 26.5. The maximum Gasteiger partial charge on any atom is 0.224 e. The van der Waals surface area contributed by atoms with Crippen molar-refractivity contribution >= 4 is 17.5 Å². The number of hydrogen-bond donors (Lipinski definition) is 1. The predicted molar refractivity (Wildman–Crippen MR) is 77.9 cm³/mol. The van der Waals surface area contributed by atoms with Crippen molar-refractivity contribution in [2.24, 2.45) is 0 Å². The van der Waals surface area contributed by atoms with E-state index in [2.05, 4.69) is 5.32 Å². The van der Waals surface area contributed by atoms with Gasteiger partial charge in [0.15, 0.2) is 11.6 Å². The van der Waals surface area contributed by atoms with Crippen LogP contribution >= 0.6 is 11.6 Å². The van der Waals surface area contributed by atoms with Crippen molar-refractivity contribution in [2.45, 2.75) is 18.8 Å². The quantitative estimate of drug-likeness (QED) is 0.841. The van der Waals surface area contributed by atoms with Crippen LogP contribution in [0.3, 0.4) is 0 Å². The molecule has 1 N–H and O–H groups in total. The van der Waals surface area contributed by atoms with Crippen LogP contribution < -0.4 is 5.32 Å². The Morgan fingerprint density at radius 3 is 2.57 bits per heavy atom. The highest BCUT2D eigenvalue weighted by atomic mass is 35.5. The Morgan fingerprint density at radius 2 is 1.81 bits per heavy atom. The van der Waals surface area contributed by atoms with Gasteiger partial charge in [-0.1, -0.05) is 36.4 Å². The van der Waals surface area contributed by atoms with Gasteiger partial charge in [0.2, 0.25) is 5.91 Å². The molecule has 2 aromatic rings. The van der Waals surface area contributed by atoms with E-state index in [-0.39, 0.29) is 17.9 Å². The summed E-state index contributed by atoms with van der Waals surface area (Å²) in [4.78, 5) is 11.8. The smallest absolute Gasteiger partial charge is 0.224 e. The van der Waals surface area contributed by atoms with Crippen LogP contribution in [0.15, 0.2) is 42.5 Å². The second-order valence-electron chi connectivity index (χ2n) is 4.62. The van der Waals surface area contributed by atoms with Gasteiger partial charge in [0.1, 0.15) is 0 Å². The molecule has 5 heteroatoms. The Hall–Kier alpha value is -1.94. The minimum atomic E-state index is -0.975. The first kappa shape index (κ1) is 15.4. The van der Waals surface area contributed by atoms with E-state index in [4.69, 9.17) is 11.6 Å². The lowest BCUT2D eigenvalue weighted by molar-refractivity contribution is -0.120. The van der Waals surface area contributed by atoms with E-state index in [1.165, 1.54) is 12.1 Å². The van der Waals surface area contributed by atoms with Crippen LogP contribution in [-0.4, -0.2) is 5.91 Å². The van der Waals surface area contributed by atoms with Gasteiger partial charge in [0.25, 0.3) is 0 Å². The molecule has 0 saturated heterocycles. The Kier molecular flexibility index (Phi) is 5.28. The molecular weight excluding hydrogens is 296 g/mol. The van der Waals surface area contributed by atoms with E-state index in [9.17, 15) is 13.6 Å². The van der Waals surface area contributed by atoms with Gasteiger partial charge < -0.3 is 5.32 Å². The number of nitrogens with one attached hydrogen (secondary N) is 1. The Labute approximate surface area is 126 Å². The lowest BCUT2D eigenvalue weighted by atomic mass is 10.1. The fraction of sp³-hybridized carbons (Fsp3) is 0.188. The monoisotopic (exact) mass is 309 g/mol. The van der Waals surface area contributed by atoms with Crippen LogP contribution in [0.1, 0.15) is 16.7 Å². The Balaban J connectivity index is 1.94. The number of carbonyl (C=O) groups excluding carboxylic acids is 1. The maximum atomic E-state index is 13.5. The van der Waals surface area contributed by atoms with Gasteiger partial charge in [-0.05, 0) is 17.2 Å². The summed E-state index contributed by atoms with van der Waals surface area (Å²) in [6.45, 7) is 0.320. The van der Waals surface area contributed by atoms with Crippen molar-refractivity contribution in [1.29, 1.82) is 0 Å². The predicted octanol–water partition coefficient (Wildman–Crippen LogP) is 3.56. The van der Waals surface area contributed by atoms with E-state index < -0.39 is 11.6 Å². The molecule has 0 bridgehead atoms. The molecule has 0 atom stereocenters. The van der Waals surface area contributed by atoms with E-state index in [1.54, 1.807) is 0 Å². The molecule has 0 aliphatic carbocycles. The number of rotatable bonds is 5. The van der Waals surface area contributed by atoms with Crippen molar-refractivity contribution in [1.82, 2.24) is 5.32 Å². The molecule has 0 aliphatic rings. The van der Waals surface area contributed by atoms with Gasteiger partial charge >= 0.3 is 0 Å². The van der Waals surface area contributed by atoms with E-state index in [0.717, 1.165) is 17.2 Å². The molecule has 0 spiro atoms. The first-order chi connectivity index (χ1) is 10.1. The van der Waals surface area contributed by atoms with E-state index >= 15 is 0 Å². The average molecular weight is 310 g/mol. The van der Waals surface area contributed by atoms with Crippen LogP contribution in [0.5, 0.6) is 0 Å². The number of alkyl halides is 1. The third-order valence-corrected chi connectivity index (χ3v) is 3.33. The molecule has 0 fully saturated rings. The summed E-state index contributed by atoms with van der Waals surface area (Å²) in [6, 6.07) is 11.3. The number of hydrogen-bond acceptors (Lipinski definition) is 1. The lowest BCUT2D eigenvalue weighted by Crippen LogP contribution is -2.25. The summed E-state index contributed by atoms with van der Waals surface area (Å²) in [6.07, 6.45) is -0.196. The van der Waals surface area contributed by atoms with Crippen molar-refractivity contribution < 1.29 is 13.6 Å². The highest BCUT2D eigenvalue weighted by Crippen LogP contribution is 2.12. The summed E-state index contributed by atoms with van der Waals surface area (Å²) in [5.74, 6) is -1.89. The highest BCUT2D eigenvalue weighted by Gasteiger charge is 2.11. The largest absolute Gasteiger partial charge is 0.352 e. The summed E-state index contributed by atoms with van der Waals surface area (Å²) in [5, 5.41) is 2.67. The molecule has 21 heavy (non-hydrogen) atoms. The molecule has 1 amide bonds. The average Bonchev–Trinajstić information content (AvgIpc) is 2.50.